The highest BCUT2D eigenvalue weighted by Crippen LogP contribution is 2.23. The number of rotatable bonds is 3. The Kier molecular flexibility index (Phi) is 3.05. The largest absolute Gasteiger partial charge is 0.370 e. The summed E-state index contributed by atoms with van der Waals surface area (Å²) in [5.41, 5.74) is 1.64. The van der Waals surface area contributed by atoms with Crippen molar-refractivity contribution >= 4 is 28.5 Å². The van der Waals surface area contributed by atoms with Crippen LogP contribution in [0.15, 0.2) is 36.5 Å². The van der Waals surface area contributed by atoms with Crippen molar-refractivity contribution < 1.29 is 0 Å². The molecule has 0 amide bonds. The van der Waals surface area contributed by atoms with E-state index in [0.717, 1.165) is 17.6 Å². The van der Waals surface area contributed by atoms with Gasteiger partial charge >= 0.3 is 0 Å². The summed E-state index contributed by atoms with van der Waals surface area (Å²) < 4.78 is 1.75. The molecule has 0 atom stereocenters. The van der Waals surface area contributed by atoms with Crippen LogP contribution in [0, 0.1) is 0 Å². The molecule has 5 nitrogen and oxygen atoms in total. The zero-order chi connectivity index (χ0) is 13.2. The second-order valence-corrected chi connectivity index (χ2v) is 4.34. The van der Waals surface area contributed by atoms with E-state index >= 15 is 0 Å². The number of nitrogens with one attached hydrogen (secondary N) is 1. The molecule has 0 saturated carbocycles. The molecule has 3 rings (SSSR count). The first-order chi connectivity index (χ1) is 9.29. The highest BCUT2D eigenvalue weighted by atomic mass is 35.5. The van der Waals surface area contributed by atoms with Crippen LogP contribution in [0.5, 0.6) is 0 Å². The fraction of sp³-hybridized carbons (Fsp3) is 0.154. The average Bonchev–Trinajstić information content (AvgIpc) is 2.84. The molecule has 0 radical (unpaired) electrons. The normalized spacial score (nSPS) is 10.8. The zero-order valence-corrected chi connectivity index (χ0v) is 11.1. The Hall–Kier alpha value is -2.14. The highest BCUT2D eigenvalue weighted by Gasteiger charge is 2.12. The van der Waals surface area contributed by atoms with Crippen LogP contribution < -0.4 is 5.32 Å². The molecule has 0 spiro atoms. The van der Waals surface area contributed by atoms with Crippen LogP contribution in [0.25, 0.3) is 16.7 Å². The Morgan fingerprint density at radius 2 is 2.00 bits per heavy atom. The molecule has 0 aliphatic heterocycles. The Bertz CT molecular complexity index is 708. The van der Waals surface area contributed by atoms with E-state index in [4.69, 9.17) is 11.6 Å². The Morgan fingerprint density at radius 3 is 2.74 bits per heavy atom. The molecule has 0 saturated heterocycles. The van der Waals surface area contributed by atoms with Gasteiger partial charge in [-0.2, -0.15) is 15.1 Å². The van der Waals surface area contributed by atoms with Gasteiger partial charge in [0, 0.05) is 6.54 Å². The minimum Gasteiger partial charge on any atom is -0.370 e. The summed E-state index contributed by atoms with van der Waals surface area (Å²) in [6.07, 6.45) is 1.75. The summed E-state index contributed by atoms with van der Waals surface area (Å²) in [5, 5.41) is 8.60. The van der Waals surface area contributed by atoms with Gasteiger partial charge in [0.25, 0.3) is 0 Å². The van der Waals surface area contributed by atoms with E-state index in [9.17, 15) is 0 Å². The summed E-state index contributed by atoms with van der Waals surface area (Å²) in [6, 6.07) is 9.81. The maximum Gasteiger partial charge on any atom is 0.226 e. The summed E-state index contributed by atoms with van der Waals surface area (Å²) in [7, 11) is 0. The second-order valence-electron chi connectivity index (χ2n) is 4.00. The molecule has 0 aliphatic rings. The van der Waals surface area contributed by atoms with Crippen molar-refractivity contribution in [1.29, 1.82) is 0 Å². The minimum absolute atomic E-state index is 0.209. The van der Waals surface area contributed by atoms with Gasteiger partial charge in [0.15, 0.2) is 5.65 Å². The molecule has 1 aromatic carbocycles. The van der Waals surface area contributed by atoms with E-state index in [1.54, 1.807) is 10.9 Å². The summed E-state index contributed by atoms with van der Waals surface area (Å²) in [6.45, 7) is 2.77. The minimum atomic E-state index is 0.209. The topological polar surface area (TPSA) is 55.6 Å². The lowest BCUT2D eigenvalue weighted by Gasteiger charge is -2.05. The number of benzene rings is 1. The van der Waals surface area contributed by atoms with E-state index < -0.39 is 0 Å². The lowest BCUT2D eigenvalue weighted by molar-refractivity contribution is 0.895. The first-order valence-corrected chi connectivity index (χ1v) is 6.38. The molecular formula is C13H12ClN5. The van der Waals surface area contributed by atoms with Crippen LogP contribution in [0.4, 0.5) is 5.82 Å². The number of fused-ring (bicyclic) bond motifs is 1. The van der Waals surface area contributed by atoms with Gasteiger partial charge in [-0.05, 0) is 30.7 Å². The van der Waals surface area contributed by atoms with Crippen LogP contribution in [0.1, 0.15) is 6.92 Å². The van der Waals surface area contributed by atoms with E-state index in [-0.39, 0.29) is 5.28 Å². The molecule has 0 aliphatic carbocycles. The van der Waals surface area contributed by atoms with E-state index in [1.165, 1.54) is 0 Å². The highest BCUT2D eigenvalue weighted by molar-refractivity contribution is 6.28. The lowest BCUT2D eigenvalue weighted by Crippen LogP contribution is -2.02. The van der Waals surface area contributed by atoms with Gasteiger partial charge in [0.1, 0.15) is 5.82 Å². The standard InChI is InChI=1S/C13H12ClN5/c1-2-15-11-10-8-16-19(9-6-4-3-5-7-9)12(10)18-13(14)17-11/h3-8H,2H2,1H3,(H,15,17,18). The number of hydrogen-bond acceptors (Lipinski definition) is 4. The fourth-order valence-electron chi connectivity index (χ4n) is 1.94. The average molecular weight is 274 g/mol. The van der Waals surface area contributed by atoms with Gasteiger partial charge < -0.3 is 5.32 Å². The molecule has 19 heavy (non-hydrogen) atoms. The first kappa shape index (κ1) is 11.9. The molecule has 0 unspecified atom stereocenters. The predicted octanol–water partition coefficient (Wildman–Crippen LogP) is 2.90. The van der Waals surface area contributed by atoms with Crippen LogP contribution in [-0.2, 0) is 0 Å². The molecule has 96 valence electrons. The smallest absolute Gasteiger partial charge is 0.226 e. The van der Waals surface area contributed by atoms with Gasteiger partial charge in [-0.25, -0.2) is 4.68 Å². The molecule has 3 aromatic rings. The molecule has 0 bridgehead atoms. The predicted molar refractivity (Wildman–Crippen MR) is 75.8 cm³/mol. The third kappa shape index (κ3) is 2.13. The van der Waals surface area contributed by atoms with E-state index in [0.29, 0.717) is 11.5 Å². The lowest BCUT2D eigenvalue weighted by atomic mass is 10.3. The van der Waals surface area contributed by atoms with Crippen molar-refractivity contribution in [3.8, 4) is 5.69 Å². The molecule has 0 fully saturated rings. The van der Waals surface area contributed by atoms with Gasteiger partial charge in [0.2, 0.25) is 5.28 Å². The van der Waals surface area contributed by atoms with Crippen molar-refractivity contribution in [2.45, 2.75) is 6.92 Å². The number of para-hydroxylation sites is 1. The summed E-state index contributed by atoms with van der Waals surface area (Å²) in [5.74, 6) is 0.708. The Morgan fingerprint density at radius 1 is 1.21 bits per heavy atom. The quantitative estimate of drug-likeness (QED) is 0.746. The second kappa shape index (κ2) is 4.85. The number of aromatic nitrogens is 4. The third-order valence-electron chi connectivity index (χ3n) is 2.75. The SMILES string of the molecule is CCNc1nc(Cl)nc2c1cnn2-c1ccccc1. The summed E-state index contributed by atoms with van der Waals surface area (Å²) in [4.78, 5) is 8.46. The number of anilines is 1. The van der Waals surface area contributed by atoms with E-state index in [2.05, 4.69) is 20.4 Å². The molecule has 2 aromatic heterocycles. The Labute approximate surface area is 115 Å². The van der Waals surface area contributed by atoms with E-state index in [1.807, 2.05) is 37.3 Å². The number of halogens is 1. The van der Waals surface area contributed by atoms with Gasteiger partial charge in [-0.3, -0.25) is 0 Å². The molecule has 6 heteroatoms. The molecular weight excluding hydrogens is 262 g/mol. The Balaban J connectivity index is 2.23. The van der Waals surface area contributed by atoms with Gasteiger partial charge in [-0.15, -0.1) is 0 Å². The third-order valence-corrected chi connectivity index (χ3v) is 2.92. The van der Waals surface area contributed by atoms with Crippen molar-refractivity contribution in [1.82, 2.24) is 19.7 Å². The zero-order valence-electron chi connectivity index (χ0n) is 10.3. The maximum absolute atomic E-state index is 5.97. The van der Waals surface area contributed by atoms with Crippen LogP contribution >= 0.6 is 11.6 Å². The van der Waals surface area contributed by atoms with Crippen molar-refractivity contribution in [2.24, 2.45) is 0 Å². The molecule has 2 heterocycles. The van der Waals surface area contributed by atoms with Crippen molar-refractivity contribution in [2.75, 3.05) is 11.9 Å². The summed E-state index contributed by atoms with van der Waals surface area (Å²) >= 11 is 5.97. The maximum atomic E-state index is 5.97. The van der Waals surface area contributed by atoms with Crippen LogP contribution in [-0.4, -0.2) is 26.3 Å². The fourth-order valence-corrected chi connectivity index (χ4v) is 2.11. The van der Waals surface area contributed by atoms with Crippen LogP contribution in [0.3, 0.4) is 0 Å². The van der Waals surface area contributed by atoms with Crippen molar-refractivity contribution in [3.05, 3.63) is 41.8 Å². The van der Waals surface area contributed by atoms with Gasteiger partial charge in [0.05, 0.1) is 17.3 Å². The van der Waals surface area contributed by atoms with Crippen LogP contribution in [0.2, 0.25) is 5.28 Å². The van der Waals surface area contributed by atoms with Crippen molar-refractivity contribution in [3.63, 3.8) is 0 Å². The molecule has 1 N–H and O–H groups in total. The number of hydrogen-bond donors (Lipinski definition) is 1. The van der Waals surface area contributed by atoms with Gasteiger partial charge in [-0.1, -0.05) is 18.2 Å². The monoisotopic (exact) mass is 273 g/mol. The first-order valence-electron chi connectivity index (χ1n) is 6.00. The number of nitrogens with zero attached hydrogens (tertiary/aromatic N) is 4.